The summed E-state index contributed by atoms with van der Waals surface area (Å²) >= 11 is 0. The monoisotopic (exact) mass is 312 g/mol. The van der Waals surface area contributed by atoms with Gasteiger partial charge in [0.2, 0.25) is 0 Å². The molecule has 3 rings (SSSR count). The minimum atomic E-state index is -1.55. The molecular formula is C17H29FN2O2. The topological polar surface area (TPSA) is 32.8 Å². The third kappa shape index (κ3) is 3.02. The third-order valence-electron chi connectivity index (χ3n) is 5.84. The zero-order valence-corrected chi connectivity index (χ0v) is 13.9. The van der Waals surface area contributed by atoms with E-state index in [1.807, 2.05) is 0 Å². The van der Waals surface area contributed by atoms with E-state index in [-0.39, 0.29) is 11.3 Å². The second kappa shape index (κ2) is 6.08. The third-order valence-corrected chi connectivity index (χ3v) is 5.84. The van der Waals surface area contributed by atoms with Crippen molar-refractivity contribution in [2.45, 2.75) is 57.7 Å². The lowest BCUT2D eigenvalue weighted by molar-refractivity contribution is -0.153. The van der Waals surface area contributed by atoms with E-state index in [0.717, 1.165) is 45.6 Å². The van der Waals surface area contributed by atoms with E-state index >= 15 is 0 Å². The fourth-order valence-electron chi connectivity index (χ4n) is 3.94. The molecule has 0 bridgehead atoms. The molecule has 1 aliphatic carbocycles. The fraction of sp³-hybridized carbons (Fsp3) is 0.941. The summed E-state index contributed by atoms with van der Waals surface area (Å²) < 4.78 is 20.2. The Morgan fingerprint density at radius 1 is 1.14 bits per heavy atom. The normalized spacial score (nSPS) is 28.5. The number of carbonyl (C=O) groups is 1. The number of hydrogen-bond acceptors (Lipinski definition) is 3. The van der Waals surface area contributed by atoms with Gasteiger partial charge >= 0.3 is 0 Å². The number of nitrogens with zero attached hydrogens (tertiary/aromatic N) is 2. The summed E-state index contributed by atoms with van der Waals surface area (Å²) in [5.41, 5.74) is -1.41. The molecule has 4 nitrogen and oxygen atoms in total. The molecule has 0 radical (unpaired) electrons. The van der Waals surface area contributed by atoms with Crippen LogP contribution in [0.3, 0.4) is 0 Å². The van der Waals surface area contributed by atoms with Crippen LogP contribution in [0.15, 0.2) is 0 Å². The Hall–Kier alpha value is -0.680. The van der Waals surface area contributed by atoms with Gasteiger partial charge in [-0.25, -0.2) is 4.39 Å². The summed E-state index contributed by atoms with van der Waals surface area (Å²) in [6.45, 7) is 9.39. The summed E-state index contributed by atoms with van der Waals surface area (Å²) in [6.07, 6.45) is 3.53. The molecule has 3 fully saturated rings. The molecule has 0 aromatic carbocycles. The van der Waals surface area contributed by atoms with E-state index in [2.05, 4.69) is 18.7 Å². The number of carbonyl (C=O) groups excluding carboxylic acids is 1. The second-order valence-corrected chi connectivity index (χ2v) is 7.73. The first kappa shape index (κ1) is 16.2. The summed E-state index contributed by atoms with van der Waals surface area (Å²) in [7, 11) is 0. The molecular weight excluding hydrogens is 283 g/mol. The molecule has 22 heavy (non-hydrogen) atoms. The molecule has 0 N–H and O–H groups in total. The second-order valence-electron chi connectivity index (χ2n) is 7.73. The number of rotatable bonds is 2. The molecule has 0 aromatic heterocycles. The number of hydrogen-bond donors (Lipinski definition) is 0. The zero-order chi connectivity index (χ0) is 15.8. The van der Waals surface area contributed by atoms with Crippen molar-refractivity contribution in [1.82, 2.24) is 9.80 Å². The number of alkyl halides is 1. The Morgan fingerprint density at radius 3 is 2.36 bits per heavy atom. The van der Waals surface area contributed by atoms with Gasteiger partial charge in [0.25, 0.3) is 5.91 Å². The highest BCUT2D eigenvalue weighted by atomic mass is 19.1. The first-order chi connectivity index (χ1) is 10.4. The Labute approximate surface area is 133 Å². The molecule has 2 heterocycles. The van der Waals surface area contributed by atoms with Gasteiger partial charge in [0, 0.05) is 37.6 Å². The quantitative estimate of drug-likeness (QED) is 0.784. The Bertz CT molecular complexity index is 415. The van der Waals surface area contributed by atoms with Crippen LogP contribution in [-0.2, 0) is 9.53 Å². The van der Waals surface area contributed by atoms with Crippen molar-refractivity contribution in [2.75, 3.05) is 39.4 Å². The van der Waals surface area contributed by atoms with Gasteiger partial charge in [0.1, 0.15) is 0 Å². The highest BCUT2D eigenvalue weighted by Crippen LogP contribution is 2.40. The van der Waals surface area contributed by atoms with E-state index in [9.17, 15) is 9.18 Å². The van der Waals surface area contributed by atoms with Crippen molar-refractivity contribution < 1.29 is 13.9 Å². The van der Waals surface area contributed by atoms with E-state index < -0.39 is 5.67 Å². The molecule has 3 aliphatic rings. The lowest BCUT2D eigenvalue weighted by Crippen LogP contribution is -2.55. The van der Waals surface area contributed by atoms with Crippen LogP contribution in [0.2, 0.25) is 0 Å². The number of likely N-dealkylation sites (tertiary alicyclic amines) is 1. The number of ether oxygens (including phenoxy) is 1. The molecule has 126 valence electrons. The zero-order valence-electron chi connectivity index (χ0n) is 13.9. The number of piperidine rings is 1. The van der Waals surface area contributed by atoms with Crippen LogP contribution in [0.5, 0.6) is 0 Å². The molecule has 2 saturated heterocycles. The largest absolute Gasteiger partial charge is 0.379 e. The van der Waals surface area contributed by atoms with Gasteiger partial charge in [-0.2, -0.15) is 0 Å². The maximum atomic E-state index is 14.3. The molecule has 2 aliphatic heterocycles. The van der Waals surface area contributed by atoms with Crippen LogP contribution in [0.25, 0.3) is 0 Å². The SMILES string of the molecule is CC(C)N1CCOCC2(CCN(C(=O)C3(F)CCC3)CC2)C1. The van der Waals surface area contributed by atoms with Crippen LogP contribution < -0.4 is 0 Å². The van der Waals surface area contributed by atoms with Gasteiger partial charge in [0.15, 0.2) is 5.67 Å². The average molecular weight is 312 g/mol. The predicted molar refractivity (Wildman–Crippen MR) is 83.5 cm³/mol. The van der Waals surface area contributed by atoms with E-state index in [1.165, 1.54) is 0 Å². The number of amides is 1. The standard InChI is InChI=1S/C17H29FN2O2/c1-14(2)20-10-11-22-13-16(12-20)6-8-19(9-7-16)15(21)17(18)4-3-5-17/h14H,3-13H2,1-2H3. The number of halogens is 1. The van der Waals surface area contributed by atoms with E-state index in [1.54, 1.807) is 4.90 Å². The molecule has 1 spiro atoms. The Balaban J connectivity index is 1.61. The molecule has 1 amide bonds. The average Bonchev–Trinajstić information content (AvgIpc) is 2.68. The van der Waals surface area contributed by atoms with Gasteiger partial charge in [-0.15, -0.1) is 0 Å². The van der Waals surface area contributed by atoms with Crippen molar-refractivity contribution in [3.63, 3.8) is 0 Å². The minimum Gasteiger partial charge on any atom is -0.379 e. The summed E-state index contributed by atoms with van der Waals surface area (Å²) in [6, 6.07) is 0.516. The highest BCUT2D eigenvalue weighted by Gasteiger charge is 2.49. The summed E-state index contributed by atoms with van der Waals surface area (Å²) in [4.78, 5) is 16.6. The first-order valence-electron chi connectivity index (χ1n) is 8.74. The Kier molecular flexibility index (Phi) is 4.47. The van der Waals surface area contributed by atoms with Crippen molar-refractivity contribution in [3.05, 3.63) is 0 Å². The van der Waals surface area contributed by atoms with E-state index in [0.29, 0.717) is 32.0 Å². The van der Waals surface area contributed by atoms with Crippen LogP contribution in [-0.4, -0.2) is 66.8 Å². The van der Waals surface area contributed by atoms with Crippen LogP contribution in [0.1, 0.15) is 46.0 Å². The minimum absolute atomic E-state index is 0.140. The maximum Gasteiger partial charge on any atom is 0.260 e. The first-order valence-corrected chi connectivity index (χ1v) is 8.74. The van der Waals surface area contributed by atoms with Gasteiger partial charge in [-0.3, -0.25) is 9.69 Å². The lowest BCUT2D eigenvalue weighted by atomic mass is 9.76. The molecule has 0 atom stereocenters. The molecule has 1 saturated carbocycles. The van der Waals surface area contributed by atoms with E-state index in [4.69, 9.17) is 4.74 Å². The van der Waals surface area contributed by atoms with Crippen LogP contribution in [0.4, 0.5) is 4.39 Å². The predicted octanol–water partition coefficient (Wildman–Crippen LogP) is 2.23. The van der Waals surface area contributed by atoms with Crippen molar-refractivity contribution in [1.29, 1.82) is 0 Å². The summed E-state index contributed by atoms with van der Waals surface area (Å²) in [5.74, 6) is -0.260. The molecule has 5 heteroatoms. The Morgan fingerprint density at radius 2 is 1.82 bits per heavy atom. The van der Waals surface area contributed by atoms with Gasteiger partial charge in [-0.05, 0) is 46.0 Å². The maximum absolute atomic E-state index is 14.3. The van der Waals surface area contributed by atoms with Crippen molar-refractivity contribution in [2.24, 2.45) is 5.41 Å². The highest BCUT2D eigenvalue weighted by molar-refractivity contribution is 5.86. The van der Waals surface area contributed by atoms with Gasteiger partial charge in [-0.1, -0.05) is 0 Å². The van der Waals surface area contributed by atoms with Gasteiger partial charge in [0.05, 0.1) is 13.2 Å². The lowest BCUT2D eigenvalue weighted by Gasteiger charge is -2.45. The fourth-order valence-corrected chi connectivity index (χ4v) is 3.94. The molecule has 0 unspecified atom stereocenters. The summed E-state index contributed by atoms with van der Waals surface area (Å²) in [5, 5.41) is 0. The van der Waals surface area contributed by atoms with Crippen LogP contribution >= 0.6 is 0 Å². The molecule has 0 aromatic rings. The van der Waals surface area contributed by atoms with Gasteiger partial charge < -0.3 is 9.64 Å². The van der Waals surface area contributed by atoms with Crippen LogP contribution in [0, 0.1) is 5.41 Å². The van der Waals surface area contributed by atoms with Crippen molar-refractivity contribution >= 4 is 5.91 Å². The smallest absolute Gasteiger partial charge is 0.260 e. The van der Waals surface area contributed by atoms with Crippen molar-refractivity contribution in [3.8, 4) is 0 Å².